The third-order valence-corrected chi connectivity index (χ3v) is 4.29. The number of aromatic nitrogens is 1. The van der Waals surface area contributed by atoms with Gasteiger partial charge in [-0.15, -0.1) is 0 Å². The summed E-state index contributed by atoms with van der Waals surface area (Å²) >= 11 is 6.18. The first-order valence-electron chi connectivity index (χ1n) is 8.45. The summed E-state index contributed by atoms with van der Waals surface area (Å²) in [5.74, 6) is 1.46. The molecule has 0 saturated heterocycles. The van der Waals surface area contributed by atoms with E-state index in [2.05, 4.69) is 20.8 Å². The highest BCUT2D eigenvalue weighted by Gasteiger charge is 2.07. The number of rotatable bonds is 6. The fourth-order valence-electron chi connectivity index (χ4n) is 2.55. The zero-order chi connectivity index (χ0) is 18.2. The third kappa shape index (κ3) is 4.86. The fraction of sp³-hybridized carbons (Fsp3) is 0.200. The zero-order valence-electron chi connectivity index (χ0n) is 14.6. The Kier molecular flexibility index (Phi) is 6.28. The van der Waals surface area contributed by atoms with Crippen molar-refractivity contribution in [3.63, 3.8) is 0 Å². The molecule has 0 unspecified atom stereocenters. The fourth-order valence-corrected chi connectivity index (χ4v) is 2.78. The second kappa shape index (κ2) is 9.06. The number of hydrogen-bond acceptors (Lipinski definition) is 3. The average molecular weight is 369 g/mol. The van der Waals surface area contributed by atoms with E-state index >= 15 is 0 Å². The highest BCUT2D eigenvalue weighted by molar-refractivity contribution is 6.31. The standard InChI is InChI=1S/C20H21ClN4O/c1-22-20(23-12-11-15-7-5-6-10-18(15)21)24-14-17-13-19(26-25-17)16-8-3-2-4-9-16/h2-10,13H,11-12,14H2,1H3,(H2,22,23,24). The predicted molar refractivity (Wildman–Crippen MR) is 105 cm³/mol. The van der Waals surface area contributed by atoms with Crippen LogP contribution in [0.1, 0.15) is 11.3 Å². The Balaban J connectivity index is 1.49. The van der Waals surface area contributed by atoms with Gasteiger partial charge in [0.2, 0.25) is 0 Å². The van der Waals surface area contributed by atoms with Crippen molar-refractivity contribution in [2.45, 2.75) is 13.0 Å². The number of nitrogens with one attached hydrogen (secondary N) is 2. The molecule has 1 aromatic heterocycles. The topological polar surface area (TPSA) is 62.5 Å². The van der Waals surface area contributed by atoms with Crippen molar-refractivity contribution < 1.29 is 4.52 Å². The molecule has 5 nitrogen and oxygen atoms in total. The van der Waals surface area contributed by atoms with Crippen LogP contribution in [-0.2, 0) is 13.0 Å². The van der Waals surface area contributed by atoms with Crippen LogP contribution in [0.5, 0.6) is 0 Å². The van der Waals surface area contributed by atoms with E-state index < -0.39 is 0 Å². The third-order valence-electron chi connectivity index (χ3n) is 3.92. The summed E-state index contributed by atoms with van der Waals surface area (Å²) in [5.41, 5.74) is 2.94. The van der Waals surface area contributed by atoms with E-state index in [0.717, 1.165) is 40.6 Å². The molecule has 26 heavy (non-hydrogen) atoms. The lowest BCUT2D eigenvalue weighted by Crippen LogP contribution is -2.37. The van der Waals surface area contributed by atoms with Gasteiger partial charge in [0.1, 0.15) is 5.69 Å². The molecule has 134 valence electrons. The Morgan fingerprint density at radius 1 is 1.08 bits per heavy atom. The summed E-state index contributed by atoms with van der Waals surface area (Å²) < 4.78 is 5.40. The van der Waals surface area contributed by atoms with Crippen molar-refractivity contribution in [1.29, 1.82) is 0 Å². The van der Waals surface area contributed by atoms with Crippen LogP contribution in [-0.4, -0.2) is 24.7 Å². The van der Waals surface area contributed by atoms with E-state index in [0.29, 0.717) is 12.5 Å². The molecule has 0 radical (unpaired) electrons. The van der Waals surface area contributed by atoms with Crippen LogP contribution in [0.2, 0.25) is 5.02 Å². The number of benzene rings is 2. The SMILES string of the molecule is CN=C(NCCc1ccccc1Cl)NCc1cc(-c2ccccc2)on1. The molecule has 0 atom stereocenters. The Labute approximate surface area is 158 Å². The van der Waals surface area contributed by atoms with Gasteiger partial charge < -0.3 is 15.2 Å². The monoisotopic (exact) mass is 368 g/mol. The van der Waals surface area contributed by atoms with Gasteiger partial charge in [-0.05, 0) is 18.1 Å². The molecule has 0 spiro atoms. The second-order valence-corrected chi connectivity index (χ2v) is 6.15. The van der Waals surface area contributed by atoms with Gasteiger partial charge in [-0.3, -0.25) is 4.99 Å². The molecular formula is C20H21ClN4O. The molecule has 6 heteroatoms. The van der Waals surface area contributed by atoms with Crippen LogP contribution in [0.4, 0.5) is 0 Å². The Morgan fingerprint density at radius 3 is 2.62 bits per heavy atom. The maximum absolute atomic E-state index is 6.18. The normalized spacial score (nSPS) is 11.4. The lowest BCUT2D eigenvalue weighted by molar-refractivity contribution is 0.422. The van der Waals surface area contributed by atoms with E-state index in [4.69, 9.17) is 16.1 Å². The highest BCUT2D eigenvalue weighted by atomic mass is 35.5. The van der Waals surface area contributed by atoms with Crippen LogP contribution in [0, 0.1) is 0 Å². The van der Waals surface area contributed by atoms with E-state index in [1.807, 2.05) is 60.7 Å². The minimum Gasteiger partial charge on any atom is -0.356 e. The first-order chi connectivity index (χ1) is 12.8. The van der Waals surface area contributed by atoms with Crippen molar-refractivity contribution in [3.05, 3.63) is 76.9 Å². The van der Waals surface area contributed by atoms with Crippen LogP contribution in [0.3, 0.4) is 0 Å². The molecule has 0 bridgehead atoms. The molecule has 3 rings (SSSR count). The van der Waals surface area contributed by atoms with Crippen molar-refractivity contribution in [3.8, 4) is 11.3 Å². The molecule has 0 amide bonds. The first kappa shape index (κ1) is 18.0. The molecule has 2 N–H and O–H groups in total. The van der Waals surface area contributed by atoms with Crippen molar-refractivity contribution in [2.24, 2.45) is 4.99 Å². The summed E-state index contributed by atoms with van der Waals surface area (Å²) in [5, 5.41) is 11.4. The van der Waals surface area contributed by atoms with Crippen LogP contribution in [0.25, 0.3) is 11.3 Å². The molecule has 3 aromatic rings. The van der Waals surface area contributed by atoms with Crippen molar-refractivity contribution in [1.82, 2.24) is 15.8 Å². The predicted octanol–water partition coefficient (Wildman–Crippen LogP) is 3.90. The van der Waals surface area contributed by atoms with E-state index in [1.165, 1.54) is 0 Å². The van der Waals surface area contributed by atoms with Crippen LogP contribution in [0.15, 0.2) is 70.2 Å². The summed E-state index contributed by atoms with van der Waals surface area (Å²) in [6.45, 7) is 1.26. The highest BCUT2D eigenvalue weighted by Crippen LogP contribution is 2.19. The Hall–Kier alpha value is -2.79. The largest absolute Gasteiger partial charge is 0.356 e. The molecule has 1 heterocycles. The molecule has 0 aliphatic carbocycles. The lowest BCUT2D eigenvalue weighted by Gasteiger charge is -2.11. The zero-order valence-corrected chi connectivity index (χ0v) is 15.3. The average Bonchev–Trinajstić information content (AvgIpc) is 3.16. The van der Waals surface area contributed by atoms with E-state index in [1.54, 1.807) is 7.05 Å². The molecule has 0 fully saturated rings. The summed E-state index contributed by atoms with van der Waals surface area (Å²) in [6, 6.07) is 19.7. The maximum Gasteiger partial charge on any atom is 0.191 e. The van der Waals surface area contributed by atoms with E-state index in [9.17, 15) is 0 Å². The smallest absolute Gasteiger partial charge is 0.191 e. The van der Waals surface area contributed by atoms with Gasteiger partial charge in [0.15, 0.2) is 11.7 Å². The second-order valence-electron chi connectivity index (χ2n) is 5.74. The van der Waals surface area contributed by atoms with E-state index in [-0.39, 0.29) is 0 Å². The number of hydrogen-bond donors (Lipinski definition) is 2. The molecule has 0 saturated carbocycles. The minimum atomic E-state index is 0.530. The summed E-state index contributed by atoms with van der Waals surface area (Å²) in [7, 11) is 1.74. The van der Waals surface area contributed by atoms with Crippen molar-refractivity contribution >= 4 is 17.6 Å². The number of nitrogens with zero attached hydrogens (tertiary/aromatic N) is 2. The molecule has 0 aliphatic heterocycles. The van der Waals surface area contributed by atoms with Gasteiger partial charge >= 0.3 is 0 Å². The molecular weight excluding hydrogens is 348 g/mol. The maximum atomic E-state index is 6.18. The van der Waals surface area contributed by atoms with Gasteiger partial charge in [-0.25, -0.2) is 0 Å². The number of halogens is 1. The number of aliphatic imine (C=N–C) groups is 1. The van der Waals surface area contributed by atoms with Gasteiger partial charge in [0.05, 0.1) is 6.54 Å². The van der Waals surface area contributed by atoms with Gasteiger partial charge in [0, 0.05) is 30.2 Å². The van der Waals surface area contributed by atoms with Gasteiger partial charge in [0.25, 0.3) is 0 Å². The van der Waals surface area contributed by atoms with Crippen LogP contribution >= 0.6 is 11.6 Å². The number of guanidine groups is 1. The minimum absolute atomic E-state index is 0.530. The summed E-state index contributed by atoms with van der Waals surface area (Å²) in [6.07, 6.45) is 0.822. The summed E-state index contributed by atoms with van der Waals surface area (Å²) in [4.78, 5) is 4.22. The molecule has 2 aromatic carbocycles. The Morgan fingerprint density at radius 2 is 1.85 bits per heavy atom. The lowest BCUT2D eigenvalue weighted by atomic mass is 10.1. The Bertz CT molecular complexity index is 861. The van der Waals surface area contributed by atoms with Gasteiger partial charge in [-0.2, -0.15) is 0 Å². The van der Waals surface area contributed by atoms with Crippen molar-refractivity contribution in [2.75, 3.05) is 13.6 Å². The first-order valence-corrected chi connectivity index (χ1v) is 8.83. The van der Waals surface area contributed by atoms with Gasteiger partial charge in [-0.1, -0.05) is 65.3 Å². The quantitative estimate of drug-likeness (QED) is 0.511. The van der Waals surface area contributed by atoms with Crippen LogP contribution < -0.4 is 10.6 Å². The molecule has 0 aliphatic rings.